The van der Waals surface area contributed by atoms with E-state index in [-0.39, 0.29) is 24.8 Å². The van der Waals surface area contributed by atoms with E-state index < -0.39 is 18.5 Å². The number of nitriles is 1. The maximum Gasteiger partial charge on any atom is 0.306 e. The molecule has 0 radical (unpaired) electrons. The molecule has 2 amide bonds. The number of ether oxygens (including phenoxy) is 1. The Morgan fingerprint density at radius 3 is 2.34 bits per heavy atom. The predicted octanol–water partition coefficient (Wildman–Crippen LogP) is 2.89. The maximum atomic E-state index is 12.0. The van der Waals surface area contributed by atoms with Crippen molar-refractivity contribution in [2.75, 3.05) is 11.9 Å². The molecule has 0 aromatic heterocycles. The second-order valence-corrected chi connectivity index (χ2v) is 6.44. The lowest BCUT2D eigenvalue weighted by molar-refractivity contribution is -0.148. The van der Waals surface area contributed by atoms with Crippen molar-refractivity contribution in [3.8, 4) is 6.07 Å². The summed E-state index contributed by atoms with van der Waals surface area (Å²) in [6.07, 6.45) is 0.172. The van der Waals surface area contributed by atoms with Gasteiger partial charge in [0.1, 0.15) is 0 Å². The van der Waals surface area contributed by atoms with Crippen LogP contribution in [0.15, 0.2) is 54.6 Å². The molecule has 2 N–H and O–H groups in total. The van der Waals surface area contributed by atoms with Crippen molar-refractivity contribution < 1.29 is 19.1 Å². The summed E-state index contributed by atoms with van der Waals surface area (Å²) in [5, 5.41) is 14.1. The van der Waals surface area contributed by atoms with E-state index in [1.807, 2.05) is 43.3 Å². The minimum absolute atomic E-state index is 0.0159. The molecule has 0 fully saturated rings. The SMILES string of the molecule is C[C@H](NC(=O)CCC(=O)OCC(=O)Nc1ccc(CC#N)cc1)c1ccccc1. The molecule has 0 unspecified atom stereocenters. The molecule has 0 aliphatic rings. The van der Waals surface area contributed by atoms with Crippen molar-refractivity contribution in [2.24, 2.45) is 0 Å². The molecule has 1 atom stereocenters. The Balaban J connectivity index is 1.66. The van der Waals surface area contributed by atoms with Gasteiger partial charge < -0.3 is 15.4 Å². The van der Waals surface area contributed by atoms with E-state index in [1.54, 1.807) is 24.3 Å². The molecule has 0 saturated carbocycles. The fourth-order valence-corrected chi connectivity index (χ4v) is 2.57. The second-order valence-electron chi connectivity index (χ2n) is 6.44. The first kappa shape index (κ1) is 21.6. The van der Waals surface area contributed by atoms with Crippen LogP contribution in [0.4, 0.5) is 5.69 Å². The van der Waals surface area contributed by atoms with Gasteiger partial charge in [0.2, 0.25) is 5.91 Å². The topological polar surface area (TPSA) is 108 Å². The molecule has 0 aliphatic carbocycles. The van der Waals surface area contributed by atoms with E-state index in [0.717, 1.165) is 11.1 Å². The predicted molar refractivity (Wildman–Crippen MR) is 108 cm³/mol. The smallest absolute Gasteiger partial charge is 0.306 e. The number of anilines is 1. The molecule has 7 nitrogen and oxygen atoms in total. The van der Waals surface area contributed by atoms with Crippen LogP contribution in [0.2, 0.25) is 0 Å². The highest BCUT2D eigenvalue weighted by Crippen LogP contribution is 2.12. The highest BCUT2D eigenvalue weighted by atomic mass is 16.5. The molecule has 2 rings (SSSR count). The molecular formula is C22H23N3O4. The summed E-state index contributed by atoms with van der Waals surface area (Å²) in [4.78, 5) is 35.6. The minimum atomic E-state index is -0.618. The van der Waals surface area contributed by atoms with Crippen LogP contribution in [0.25, 0.3) is 0 Å². The van der Waals surface area contributed by atoms with Crippen molar-refractivity contribution in [1.82, 2.24) is 5.32 Å². The summed E-state index contributed by atoms with van der Waals surface area (Å²) in [6.45, 7) is 1.43. The van der Waals surface area contributed by atoms with Gasteiger partial charge in [0.05, 0.1) is 25.0 Å². The molecule has 2 aromatic rings. The Kier molecular flexibility index (Phi) is 8.39. The zero-order valence-electron chi connectivity index (χ0n) is 16.2. The van der Waals surface area contributed by atoms with Gasteiger partial charge in [-0.1, -0.05) is 42.5 Å². The van der Waals surface area contributed by atoms with Gasteiger partial charge in [-0.2, -0.15) is 5.26 Å². The number of hydrogen-bond donors (Lipinski definition) is 2. The number of carbonyl (C=O) groups is 3. The zero-order chi connectivity index (χ0) is 21.1. The van der Waals surface area contributed by atoms with E-state index >= 15 is 0 Å². The number of hydrogen-bond acceptors (Lipinski definition) is 5. The Hall–Kier alpha value is -3.66. The number of rotatable bonds is 9. The van der Waals surface area contributed by atoms with E-state index in [9.17, 15) is 14.4 Å². The number of amides is 2. The monoisotopic (exact) mass is 393 g/mol. The molecule has 29 heavy (non-hydrogen) atoms. The Labute approximate surface area is 169 Å². The molecule has 0 spiro atoms. The highest BCUT2D eigenvalue weighted by Gasteiger charge is 2.13. The van der Waals surface area contributed by atoms with Gasteiger partial charge >= 0.3 is 5.97 Å². The van der Waals surface area contributed by atoms with Crippen LogP contribution in [0.1, 0.15) is 36.9 Å². The summed E-state index contributed by atoms with van der Waals surface area (Å²) < 4.78 is 4.90. The van der Waals surface area contributed by atoms with Crippen molar-refractivity contribution >= 4 is 23.5 Å². The molecule has 150 valence electrons. The lowest BCUT2D eigenvalue weighted by atomic mass is 10.1. The lowest BCUT2D eigenvalue weighted by Crippen LogP contribution is -2.27. The zero-order valence-corrected chi connectivity index (χ0v) is 16.2. The van der Waals surface area contributed by atoms with Crippen LogP contribution >= 0.6 is 0 Å². The summed E-state index contributed by atoms with van der Waals surface area (Å²) >= 11 is 0. The van der Waals surface area contributed by atoms with Crippen molar-refractivity contribution in [3.63, 3.8) is 0 Å². The third-order valence-electron chi connectivity index (χ3n) is 4.12. The fourth-order valence-electron chi connectivity index (χ4n) is 2.57. The average Bonchev–Trinajstić information content (AvgIpc) is 2.73. The quantitative estimate of drug-likeness (QED) is 0.637. The summed E-state index contributed by atoms with van der Waals surface area (Å²) in [7, 11) is 0. The third-order valence-corrected chi connectivity index (χ3v) is 4.12. The molecule has 2 aromatic carbocycles. The normalized spacial score (nSPS) is 11.0. The molecule has 7 heteroatoms. The van der Waals surface area contributed by atoms with Crippen LogP contribution in [0, 0.1) is 11.3 Å². The fraction of sp³-hybridized carbons (Fsp3) is 0.273. The largest absolute Gasteiger partial charge is 0.456 e. The number of nitrogens with zero attached hydrogens (tertiary/aromatic N) is 1. The Morgan fingerprint density at radius 1 is 1.00 bits per heavy atom. The number of benzene rings is 2. The maximum absolute atomic E-state index is 12.0. The van der Waals surface area contributed by atoms with Crippen molar-refractivity contribution in [3.05, 3.63) is 65.7 Å². The minimum Gasteiger partial charge on any atom is -0.456 e. The van der Waals surface area contributed by atoms with Gasteiger partial charge in [-0.05, 0) is 30.2 Å². The van der Waals surface area contributed by atoms with E-state index in [0.29, 0.717) is 12.1 Å². The first-order valence-electron chi connectivity index (χ1n) is 9.23. The van der Waals surface area contributed by atoms with E-state index in [2.05, 4.69) is 10.6 Å². The van der Waals surface area contributed by atoms with Crippen LogP contribution < -0.4 is 10.6 Å². The standard InChI is InChI=1S/C22H23N3O4/c1-16(18-5-3-2-4-6-18)24-20(26)11-12-22(28)29-15-21(27)25-19-9-7-17(8-10-19)13-14-23/h2-10,16H,11-13,15H2,1H3,(H,24,26)(H,25,27)/t16-/m0/s1. The number of carbonyl (C=O) groups excluding carboxylic acids is 3. The van der Waals surface area contributed by atoms with Crippen molar-refractivity contribution in [2.45, 2.75) is 32.2 Å². The first-order valence-corrected chi connectivity index (χ1v) is 9.23. The molecular weight excluding hydrogens is 370 g/mol. The second kappa shape index (κ2) is 11.2. The van der Waals surface area contributed by atoms with Crippen molar-refractivity contribution in [1.29, 1.82) is 5.26 Å². The van der Waals surface area contributed by atoms with Gasteiger partial charge in [-0.15, -0.1) is 0 Å². The van der Waals surface area contributed by atoms with Crippen LogP contribution in [0.5, 0.6) is 0 Å². The van der Waals surface area contributed by atoms with Crippen LogP contribution in [-0.4, -0.2) is 24.4 Å². The third kappa shape index (κ3) is 7.85. The van der Waals surface area contributed by atoms with Crippen LogP contribution in [0.3, 0.4) is 0 Å². The van der Waals surface area contributed by atoms with E-state index in [4.69, 9.17) is 10.00 Å². The summed E-state index contributed by atoms with van der Waals surface area (Å²) in [5.41, 5.74) is 2.36. The molecule has 0 aliphatic heterocycles. The molecule has 0 heterocycles. The summed E-state index contributed by atoms with van der Waals surface area (Å²) in [6, 6.07) is 18.2. The number of esters is 1. The lowest BCUT2D eigenvalue weighted by Gasteiger charge is -2.14. The van der Waals surface area contributed by atoms with Gasteiger partial charge in [-0.25, -0.2) is 0 Å². The van der Waals surface area contributed by atoms with Gasteiger partial charge in [0.15, 0.2) is 6.61 Å². The van der Waals surface area contributed by atoms with Crippen LogP contribution in [-0.2, 0) is 25.5 Å². The van der Waals surface area contributed by atoms with Gasteiger partial charge in [0, 0.05) is 12.1 Å². The van der Waals surface area contributed by atoms with E-state index in [1.165, 1.54) is 0 Å². The Bertz CT molecular complexity index is 873. The molecule has 0 saturated heterocycles. The van der Waals surface area contributed by atoms with Gasteiger partial charge in [0.25, 0.3) is 5.91 Å². The van der Waals surface area contributed by atoms with Gasteiger partial charge in [-0.3, -0.25) is 14.4 Å². The highest BCUT2D eigenvalue weighted by molar-refractivity contribution is 5.93. The Morgan fingerprint density at radius 2 is 1.69 bits per heavy atom. The summed E-state index contributed by atoms with van der Waals surface area (Å²) in [5.74, 6) is -1.36. The molecule has 0 bridgehead atoms. The average molecular weight is 393 g/mol. The first-order chi connectivity index (χ1) is 14.0. The number of nitrogens with one attached hydrogen (secondary N) is 2.